The van der Waals surface area contributed by atoms with Gasteiger partial charge in [-0.3, -0.25) is 0 Å². The van der Waals surface area contributed by atoms with E-state index in [1.807, 2.05) is 6.07 Å². The van der Waals surface area contributed by atoms with E-state index in [1.165, 1.54) is 6.07 Å². The highest BCUT2D eigenvalue weighted by Gasteiger charge is 2.27. The Hall–Kier alpha value is -1.41. The van der Waals surface area contributed by atoms with Crippen molar-refractivity contribution in [1.29, 1.82) is 0 Å². The molecule has 0 aliphatic heterocycles. The van der Waals surface area contributed by atoms with E-state index in [4.69, 9.17) is 0 Å². The van der Waals surface area contributed by atoms with Crippen LogP contribution in [-0.4, -0.2) is 8.07 Å². The largest absolute Gasteiger partial charge is 0.207 e. The van der Waals surface area contributed by atoms with Crippen LogP contribution in [0.15, 0.2) is 61.1 Å². The fraction of sp³-hybridized carbons (Fsp3) is 0. The molecule has 0 heterocycles. The van der Waals surface area contributed by atoms with E-state index in [2.05, 4.69) is 19.7 Å². The SMILES string of the molecule is C=C[Si](C=C)(C=C)c1ccccc1F. The molecule has 0 nitrogen and oxygen atoms in total. The second-order valence-electron chi connectivity index (χ2n) is 3.03. The third-order valence-electron chi connectivity index (χ3n) is 2.35. The molecule has 0 fully saturated rings. The molecule has 0 bridgehead atoms. The average molecular weight is 204 g/mol. The fourth-order valence-electron chi connectivity index (χ4n) is 1.39. The summed E-state index contributed by atoms with van der Waals surface area (Å²) in [6.45, 7) is 11.2. The predicted molar refractivity (Wildman–Crippen MR) is 62.4 cm³/mol. The molecule has 2 heteroatoms. The van der Waals surface area contributed by atoms with Gasteiger partial charge in [0, 0.05) is 0 Å². The summed E-state index contributed by atoms with van der Waals surface area (Å²) in [6, 6.07) is 6.71. The minimum Gasteiger partial charge on any atom is -0.207 e. The Balaban J connectivity index is 3.38. The van der Waals surface area contributed by atoms with Crippen molar-refractivity contribution < 1.29 is 4.39 Å². The molecule has 0 aliphatic carbocycles. The van der Waals surface area contributed by atoms with Crippen LogP contribution < -0.4 is 5.19 Å². The first-order valence-corrected chi connectivity index (χ1v) is 6.59. The summed E-state index contributed by atoms with van der Waals surface area (Å²) in [6.07, 6.45) is 0. The van der Waals surface area contributed by atoms with Crippen molar-refractivity contribution in [2.45, 2.75) is 0 Å². The van der Waals surface area contributed by atoms with Crippen LogP contribution in [-0.2, 0) is 0 Å². The van der Waals surface area contributed by atoms with Crippen molar-refractivity contribution >= 4 is 13.3 Å². The standard InChI is InChI=1S/C12H13FSi/c1-4-14(5-2,6-3)12-10-8-7-9-11(12)13/h4-10H,1-3H2. The summed E-state index contributed by atoms with van der Waals surface area (Å²) in [5, 5.41) is 0.667. The van der Waals surface area contributed by atoms with Gasteiger partial charge in [0.2, 0.25) is 0 Å². The second kappa shape index (κ2) is 4.20. The van der Waals surface area contributed by atoms with Crippen molar-refractivity contribution in [1.82, 2.24) is 0 Å². The lowest BCUT2D eigenvalue weighted by atomic mass is 10.3. The molecule has 14 heavy (non-hydrogen) atoms. The summed E-state index contributed by atoms with van der Waals surface area (Å²) in [5.41, 5.74) is 5.31. The van der Waals surface area contributed by atoms with E-state index >= 15 is 0 Å². The zero-order valence-corrected chi connectivity index (χ0v) is 9.04. The Bertz CT molecular complexity index is 347. The fourth-order valence-corrected chi connectivity index (χ4v) is 3.43. The van der Waals surface area contributed by atoms with Crippen LogP contribution >= 0.6 is 0 Å². The van der Waals surface area contributed by atoms with Gasteiger partial charge in [-0.05, 0) is 11.3 Å². The van der Waals surface area contributed by atoms with Crippen LogP contribution in [0.4, 0.5) is 4.39 Å². The molecule has 0 atom stereocenters. The molecule has 0 aromatic heterocycles. The third-order valence-corrected chi connectivity index (χ3v) is 5.72. The zero-order chi connectivity index (χ0) is 10.6. The first-order valence-electron chi connectivity index (χ1n) is 4.36. The number of hydrogen-bond donors (Lipinski definition) is 0. The van der Waals surface area contributed by atoms with Gasteiger partial charge in [0.05, 0.1) is 0 Å². The molecule has 0 unspecified atom stereocenters. The normalized spacial score (nSPS) is 10.6. The summed E-state index contributed by atoms with van der Waals surface area (Å²) in [7, 11) is -2.22. The average Bonchev–Trinajstić information content (AvgIpc) is 2.24. The molecular weight excluding hydrogens is 191 g/mol. The van der Waals surface area contributed by atoms with Gasteiger partial charge in [0.15, 0.2) is 8.07 Å². The van der Waals surface area contributed by atoms with Gasteiger partial charge in [0.1, 0.15) is 5.82 Å². The van der Waals surface area contributed by atoms with E-state index < -0.39 is 8.07 Å². The van der Waals surface area contributed by atoms with Gasteiger partial charge in [-0.25, -0.2) is 4.39 Å². The predicted octanol–water partition coefficient (Wildman–Crippen LogP) is 2.66. The quantitative estimate of drug-likeness (QED) is 0.661. The second-order valence-corrected chi connectivity index (χ2v) is 6.65. The first-order chi connectivity index (χ1) is 6.70. The maximum absolute atomic E-state index is 13.5. The van der Waals surface area contributed by atoms with Crippen molar-refractivity contribution in [2.24, 2.45) is 0 Å². The van der Waals surface area contributed by atoms with Crippen LogP contribution in [0.5, 0.6) is 0 Å². The molecule has 1 rings (SSSR count). The lowest BCUT2D eigenvalue weighted by Gasteiger charge is -2.20. The highest BCUT2D eigenvalue weighted by molar-refractivity contribution is 7.03. The number of halogens is 1. The maximum atomic E-state index is 13.5. The van der Waals surface area contributed by atoms with E-state index in [9.17, 15) is 4.39 Å². The number of rotatable bonds is 4. The number of hydrogen-bond acceptors (Lipinski definition) is 0. The third kappa shape index (κ3) is 1.61. The molecule has 0 saturated heterocycles. The van der Waals surface area contributed by atoms with Gasteiger partial charge in [-0.15, -0.1) is 19.7 Å². The van der Waals surface area contributed by atoms with Crippen molar-refractivity contribution in [3.05, 3.63) is 66.9 Å². The van der Waals surface area contributed by atoms with E-state index in [0.29, 0.717) is 5.19 Å². The summed E-state index contributed by atoms with van der Waals surface area (Å²) < 4.78 is 13.5. The zero-order valence-electron chi connectivity index (χ0n) is 8.04. The molecular formula is C12H13FSi. The minimum absolute atomic E-state index is 0.209. The van der Waals surface area contributed by atoms with Crippen LogP contribution in [0.1, 0.15) is 0 Å². The van der Waals surface area contributed by atoms with Crippen molar-refractivity contribution in [3.63, 3.8) is 0 Å². The van der Waals surface area contributed by atoms with E-state index in [1.54, 1.807) is 29.2 Å². The van der Waals surface area contributed by atoms with Crippen molar-refractivity contribution in [3.8, 4) is 0 Å². The van der Waals surface area contributed by atoms with E-state index in [0.717, 1.165) is 0 Å². The van der Waals surface area contributed by atoms with Gasteiger partial charge >= 0.3 is 0 Å². The molecule has 1 aromatic rings. The Labute approximate surface area is 85.1 Å². The van der Waals surface area contributed by atoms with Crippen LogP contribution in [0, 0.1) is 5.82 Å². The highest BCUT2D eigenvalue weighted by atomic mass is 28.3. The summed E-state index contributed by atoms with van der Waals surface area (Å²) in [5.74, 6) is -0.209. The Morgan fingerprint density at radius 3 is 1.93 bits per heavy atom. The van der Waals surface area contributed by atoms with Crippen molar-refractivity contribution in [2.75, 3.05) is 0 Å². The first kappa shape index (κ1) is 10.7. The molecule has 0 N–H and O–H groups in total. The molecule has 0 spiro atoms. The molecule has 72 valence electrons. The summed E-state index contributed by atoms with van der Waals surface area (Å²) in [4.78, 5) is 0. The smallest absolute Gasteiger partial charge is 0.159 e. The number of benzene rings is 1. The van der Waals surface area contributed by atoms with Gasteiger partial charge in [0.25, 0.3) is 0 Å². The van der Waals surface area contributed by atoms with Gasteiger partial charge in [-0.1, -0.05) is 35.3 Å². The molecule has 0 amide bonds. The maximum Gasteiger partial charge on any atom is 0.159 e. The van der Waals surface area contributed by atoms with Crippen LogP contribution in [0.2, 0.25) is 0 Å². The summed E-state index contributed by atoms with van der Waals surface area (Å²) >= 11 is 0. The Morgan fingerprint density at radius 2 is 1.50 bits per heavy atom. The van der Waals surface area contributed by atoms with Gasteiger partial charge in [-0.2, -0.15) is 0 Å². The monoisotopic (exact) mass is 204 g/mol. The van der Waals surface area contributed by atoms with Crippen LogP contribution in [0.3, 0.4) is 0 Å². The minimum atomic E-state index is -2.22. The van der Waals surface area contributed by atoms with Gasteiger partial charge < -0.3 is 0 Å². The molecule has 0 radical (unpaired) electrons. The highest BCUT2D eigenvalue weighted by Crippen LogP contribution is 2.10. The Kier molecular flexibility index (Phi) is 3.20. The Morgan fingerprint density at radius 1 is 1.00 bits per heavy atom. The van der Waals surface area contributed by atoms with E-state index in [-0.39, 0.29) is 5.82 Å². The lowest BCUT2D eigenvalue weighted by Crippen LogP contribution is -2.44. The lowest BCUT2D eigenvalue weighted by molar-refractivity contribution is 0.635. The molecule has 1 aromatic carbocycles. The topological polar surface area (TPSA) is 0 Å². The van der Waals surface area contributed by atoms with Crippen LogP contribution in [0.25, 0.3) is 0 Å². The molecule has 0 aliphatic rings. The molecule has 0 saturated carbocycles.